The first-order valence-corrected chi connectivity index (χ1v) is 10.2. The number of nitrogens with zero attached hydrogens (tertiary/aromatic N) is 4. The Morgan fingerprint density at radius 1 is 1.11 bits per heavy atom. The zero-order valence-corrected chi connectivity index (χ0v) is 15.7. The van der Waals surface area contributed by atoms with Gasteiger partial charge in [-0.3, -0.25) is 14.7 Å². The van der Waals surface area contributed by atoms with Gasteiger partial charge in [-0.1, -0.05) is 30.0 Å². The van der Waals surface area contributed by atoms with Crippen LogP contribution in [0, 0.1) is 0 Å². The number of nitrogens with one attached hydrogen (secondary N) is 2. The molecule has 1 aliphatic heterocycles. The molecule has 2 fully saturated rings. The van der Waals surface area contributed by atoms with Crippen LogP contribution in [0.3, 0.4) is 0 Å². The lowest BCUT2D eigenvalue weighted by Gasteiger charge is -2.17. The van der Waals surface area contributed by atoms with Gasteiger partial charge >= 0.3 is 6.03 Å². The second-order valence-electron chi connectivity index (χ2n) is 6.73. The van der Waals surface area contributed by atoms with Crippen LogP contribution in [0.15, 0.2) is 35.5 Å². The summed E-state index contributed by atoms with van der Waals surface area (Å²) in [5, 5.41) is 14.4. The Balaban J connectivity index is 1.33. The zero-order chi connectivity index (χ0) is 18.6. The highest BCUT2D eigenvalue weighted by molar-refractivity contribution is 7.99. The lowest BCUT2D eigenvalue weighted by atomic mass is 10.3. The second kappa shape index (κ2) is 7.99. The Labute approximate surface area is 161 Å². The summed E-state index contributed by atoms with van der Waals surface area (Å²) in [6.45, 7) is 2.02. The Morgan fingerprint density at radius 2 is 1.85 bits per heavy atom. The molecule has 2 aromatic rings. The number of amides is 3. The minimum absolute atomic E-state index is 0.118. The van der Waals surface area contributed by atoms with Crippen molar-refractivity contribution >= 4 is 35.3 Å². The predicted molar refractivity (Wildman–Crippen MR) is 104 cm³/mol. The van der Waals surface area contributed by atoms with Crippen LogP contribution in [0.5, 0.6) is 0 Å². The molecule has 8 nitrogen and oxygen atoms in total. The molecule has 2 aliphatic rings. The van der Waals surface area contributed by atoms with E-state index in [0.717, 1.165) is 37.0 Å². The van der Waals surface area contributed by atoms with Gasteiger partial charge in [-0.15, -0.1) is 10.2 Å². The topological polar surface area (TPSA) is 92.2 Å². The molecule has 0 bridgehead atoms. The number of imide groups is 1. The minimum Gasteiger partial charge on any atom is -0.341 e. The monoisotopic (exact) mass is 386 g/mol. The standard InChI is InChI=1S/C18H22N6O2S/c25-15(20-16(26)19-13-6-2-1-3-7-13)12-27-18-22-21-17(23-10-4-5-11-23)24(18)14-8-9-14/h1-3,6-7,14H,4-5,8-12H2,(H2,19,20,25,26). The molecule has 0 radical (unpaired) electrons. The zero-order valence-electron chi connectivity index (χ0n) is 14.9. The summed E-state index contributed by atoms with van der Waals surface area (Å²) in [7, 11) is 0. The number of anilines is 2. The van der Waals surface area contributed by atoms with Crippen LogP contribution in [0.4, 0.5) is 16.4 Å². The maximum absolute atomic E-state index is 12.1. The summed E-state index contributed by atoms with van der Waals surface area (Å²) in [6.07, 6.45) is 4.61. The van der Waals surface area contributed by atoms with Crippen LogP contribution in [-0.4, -0.2) is 45.5 Å². The molecule has 1 aliphatic carbocycles. The van der Waals surface area contributed by atoms with Crippen LogP contribution < -0.4 is 15.5 Å². The van der Waals surface area contributed by atoms with Gasteiger partial charge < -0.3 is 10.2 Å². The first-order valence-electron chi connectivity index (χ1n) is 9.19. The Bertz CT molecular complexity index is 815. The van der Waals surface area contributed by atoms with E-state index in [0.29, 0.717) is 11.7 Å². The second-order valence-corrected chi connectivity index (χ2v) is 7.68. The molecule has 0 atom stereocenters. The average molecular weight is 386 g/mol. The fourth-order valence-corrected chi connectivity index (χ4v) is 3.93. The summed E-state index contributed by atoms with van der Waals surface area (Å²) in [6, 6.07) is 8.91. The predicted octanol–water partition coefficient (Wildman–Crippen LogP) is 2.65. The van der Waals surface area contributed by atoms with Crippen LogP contribution in [0.25, 0.3) is 0 Å². The minimum atomic E-state index is -0.534. The van der Waals surface area contributed by atoms with Gasteiger partial charge in [0, 0.05) is 24.8 Å². The summed E-state index contributed by atoms with van der Waals surface area (Å²) in [5.74, 6) is 0.675. The Kier molecular flexibility index (Phi) is 5.28. The van der Waals surface area contributed by atoms with Gasteiger partial charge in [0.25, 0.3) is 0 Å². The molecular weight excluding hydrogens is 364 g/mol. The maximum Gasteiger partial charge on any atom is 0.325 e. The summed E-state index contributed by atoms with van der Waals surface area (Å²) in [4.78, 5) is 26.3. The molecule has 9 heteroatoms. The third kappa shape index (κ3) is 4.41. The number of benzene rings is 1. The highest BCUT2D eigenvalue weighted by Crippen LogP contribution is 2.41. The molecule has 1 aromatic heterocycles. The molecule has 1 saturated carbocycles. The van der Waals surface area contributed by atoms with Gasteiger partial charge in [0.15, 0.2) is 5.16 Å². The van der Waals surface area contributed by atoms with Crippen molar-refractivity contribution in [3.05, 3.63) is 30.3 Å². The fourth-order valence-electron chi connectivity index (χ4n) is 3.13. The third-order valence-corrected chi connectivity index (χ3v) is 5.51. The molecule has 2 heterocycles. The van der Waals surface area contributed by atoms with Crippen molar-refractivity contribution in [1.82, 2.24) is 20.1 Å². The fraction of sp³-hybridized carbons (Fsp3) is 0.444. The smallest absolute Gasteiger partial charge is 0.325 e. The van der Waals surface area contributed by atoms with Gasteiger partial charge in [-0.25, -0.2) is 4.79 Å². The van der Waals surface area contributed by atoms with Crippen molar-refractivity contribution < 1.29 is 9.59 Å². The number of aromatic nitrogens is 3. The number of rotatable bonds is 6. The lowest BCUT2D eigenvalue weighted by molar-refractivity contribution is -0.117. The van der Waals surface area contributed by atoms with E-state index in [1.807, 2.05) is 18.2 Å². The summed E-state index contributed by atoms with van der Waals surface area (Å²) < 4.78 is 2.16. The molecule has 4 rings (SSSR count). The van der Waals surface area contributed by atoms with Gasteiger partial charge in [0.2, 0.25) is 11.9 Å². The van der Waals surface area contributed by atoms with Gasteiger partial charge in [-0.05, 0) is 37.8 Å². The molecule has 1 aromatic carbocycles. The number of urea groups is 1. The highest BCUT2D eigenvalue weighted by atomic mass is 32.2. The van der Waals surface area contributed by atoms with Crippen LogP contribution in [-0.2, 0) is 4.79 Å². The quantitative estimate of drug-likeness (QED) is 0.742. The van der Waals surface area contributed by atoms with Crippen molar-refractivity contribution in [3.8, 4) is 0 Å². The first kappa shape index (κ1) is 17.8. The normalized spacial score (nSPS) is 16.4. The molecule has 3 amide bonds. The number of carbonyl (C=O) groups excluding carboxylic acids is 2. The largest absolute Gasteiger partial charge is 0.341 e. The van der Waals surface area contributed by atoms with E-state index in [1.165, 1.54) is 24.6 Å². The number of hydrogen-bond donors (Lipinski definition) is 2. The van der Waals surface area contributed by atoms with Crippen molar-refractivity contribution in [3.63, 3.8) is 0 Å². The van der Waals surface area contributed by atoms with E-state index in [2.05, 4.69) is 30.3 Å². The lowest BCUT2D eigenvalue weighted by Crippen LogP contribution is -2.35. The molecule has 27 heavy (non-hydrogen) atoms. The maximum atomic E-state index is 12.1. The summed E-state index contributed by atoms with van der Waals surface area (Å²) >= 11 is 1.32. The van der Waals surface area contributed by atoms with Crippen molar-refractivity contribution in [2.45, 2.75) is 36.9 Å². The molecule has 142 valence electrons. The van der Waals surface area contributed by atoms with Gasteiger partial charge in [0.1, 0.15) is 0 Å². The number of hydrogen-bond acceptors (Lipinski definition) is 6. The number of para-hydroxylation sites is 1. The van der Waals surface area contributed by atoms with E-state index in [9.17, 15) is 9.59 Å². The molecule has 1 saturated heterocycles. The van der Waals surface area contributed by atoms with E-state index in [1.54, 1.807) is 12.1 Å². The van der Waals surface area contributed by atoms with Crippen molar-refractivity contribution in [1.29, 1.82) is 0 Å². The first-order chi connectivity index (χ1) is 13.2. The molecular formula is C18H22N6O2S. The van der Waals surface area contributed by atoms with Crippen LogP contribution in [0.1, 0.15) is 31.7 Å². The SMILES string of the molecule is O=C(CSc1nnc(N2CCCC2)n1C1CC1)NC(=O)Nc1ccccc1. The molecule has 0 unspecified atom stereocenters. The van der Waals surface area contributed by atoms with Crippen LogP contribution in [0.2, 0.25) is 0 Å². The van der Waals surface area contributed by atoms with Gasteiger partial charge in [0.05, 0.1) is 5.75 Å². The van der Waals surface area contributed by atoms with E-state index in [-0.39, 0.29) is 11.7 Å². The highest BCUT2D eigenvalue weighted by Gasteiger charge is 2.32. The van der Waals surface area contributed by atoms with Crippen molar-refractivity contribution in [2.24, 2.45) is 0 Å². The van der Waals surface area contributed by atoms with Crippen molar-refractivity contribution in [2.75, 3.05) is 29.1 Å². The number of carbonyl (C=O) groups is 2. The van der Waals surface area contributed by atoms with E-state index < -0.39 is 6.03 Å². The Morgan fingerprint density at radius 3 is 2.56 bits per heavy atom. The number of thioether (sulfide) groups is 1. The molecule has 2 N–H and O–H groups in total. The third-order valence-electron chi connectivity index (χ3n) is 4.56. The summed E-state index contributed by atoms with van der Waals surface area (Å²) in [5.41, 5.74) is 0.638. The average Bonchev–Trinajstić information content (AvgIpc) is 3.18. The van der Waals surface area contributed by atoms with E-state index >= 15 is 0 Å². The van der Waals surface area contributed by atoms with Crippen LogP contribution >= 0.6 is 11.8 Å². The van der Waals surface area contributed by atoms with E-state index in [4.69, 9.17) is 0 Å². The Hall–Kier alpha value is -2.55. The van der Waals surface area contributed by atoms with Gasteiger partial charge in [-0.2, -0.15) is 0 Å². The molecule has 0 spiro atoms.